The minimum Gasteiger partial charge on any atom is -0.381 e. The fourth-order valence-electron chi connectivity index (χ4n) is 2.36. The Morgan fingerprint density at radius 3 is 1.71 bits per heavy atom. The molecule has 0 unspecified atom stereocenters. The van der Waals surface area contributed by atoms with Crippen molar-refractivity contribution in [3.05, 3.63) is 59.7 Å². The van der Waals surface area contributed by atoms with E-state index < -0.39 is 0 Å². The van der Waals surface area contributed by atoms with E-state index in [9.17, 15) is 0 Å². The summed E-state index contributed by atoms with van der Waals surface area (Å²) >= 11 is 0. The highest BCUT2D eigenvalue weighted by molar-refractivity contribution is 5.70. The molecule has 1 nitrogen and oxygen atoms in total. The quantitative estimate of drug-likeness (QED) is 0.515. The third-order valence-electron chi connectivity index (χ3n) is 3.53. The Balaban J connectivity index is 0.000000501. The molecule has 0 bridgehead atoms. The third-order valence-corrected chi connectivity index (χ3v) is 3.53. The van der Waals surface area contributed by atoms with E-state index in [0.717, 1.165) is 32.5 Å². The maximum absolute atomic E-state index is 5.13. The van der Waals surface area contributed by atoms with Crippen molar-refractivity contribution in [2.75, 3.05) is 13.2 Å². The summed E-state index contributed by atoms with van der Waals surface area (Å²) in [5.74, 6) is 0. The van der Waals surface area contributed by atoms with Crippen LogP contribution >= 0.6 is 0 Å². The lowest BCUT2D eigenvalue weighted by molar-refractivity contribution is 0.135. The minimum atomic E-state index is 0.924. The van der Waals surface area contributed by atoms with E-state index in [4.69, 9.17) is 4.74 Å². The first-order valence-electron chi connectivity index (χ1n) is 9.46. The first-order valence-corrected chi connectivity index (χ1v) is 9.46. The molecule has 0 N–H and O–H groups in total. The van der Waals surface area contributed by atoms with E-state index in [-0.39, 0.29) is 0 Å². The number of benzene rings is 2. The van der Waals surface area contributed by atoms with Gasteiger partial charge in [-0.3, -0.25) is 0 Å². The van der Waals surface area contributed by atoms with Gasteiger partial charge in [0.05, 0.1) is 0 Å². The van der Waals surface area contributed by atoms with Crippen LogP contribution in [0.15, 0.2) is 48.5 Å². The zero-order chi connectivity index (χ0) is 18.2. The second kappa shape index (κ2) is 15.0. The molecule has 0 amide bonds. The fourth-order valence-corrected chi connectivity index (χ4v) is 2.36. The molecule has 0 spiro atoms. The van der Waals surface area contributed by atoms with Crippen LogP contribution in [0.2, 0.25) is 0 Å². The van der Waals surface area contributed by atoms with Crippen LogP contribution in [0.25, 0.3) is 11.1 Å². The van der Waals surface area contributed by atoms with Crippen LogP contribution in [0.4, 0.5) is 0 Å². The molecule has 0 saturated carbocycles. The van der Waals surface area contributed by atoms with Gasteiger partial charge in [0.15, 0.2) is 0 Å². The second-order valence-electron chi connectivity index (χ2n) is 5.44. The van der Waals surface area contributed by atoms with Crippen molar-refractivity contribution in [2.24, 2.45) is 0 Å². The average molecular weight is 329 g/mol. The Morgan fingerprint density at radius 2 is 1.21 bits per heavy atom. The van der Waals surface area contributed by atoms with Crippen LogP contribution in [0.5, 0.6) is 0 Å². The Morgan fingerprint density at radius 1 is 0.708 bits per heavy atom. The molecule has 0 aromatic heterocycles. The van der Waals surface area contributed by atoms with Gasteiger partial charge >= 0.3 is 0 Å². The molecule has 1 heteroatoms. The Kier molecular flexibility index (Phi) is 14.0. The van der Waals surface area contributed by atoms with Crippen molar-refractivity contribution in [3.8, 4) is 11.1 Å². The molecular weight excluding hydrogens is 292 g/mol. The summed E-state index contributed by atoms with van der Waals surface area (Å²) in [4.78, 5) is 0. The summed E-state index contributed by atoms with van der Waals surface area (Å²) in [5, 5.41) is 0. The lowest BCUT2D eigenvalue weighted by Gasteiger charge is -2.10. The molecule has 0 aliphatic rings. The van der Waals surface area contributed by atoms with Gasteiger partial charge in [-0.05, 0) is 48.4 Å². The fraction of sp³-hybridized carbons (Fsp3) is 0.478. The summed E-state index contributed by atoms with van der Waals surface area (Å²) in [6.07, 6.45) is 3.37. The second-order valence-corrected chi connectivity index (χ2v) is 5.44. The van der Waals surface area contributed by atoms with Crippen LogP contribution in [0.1, 0.15) is 58.6 Å². The number of hydrogen-bond donors (Lipinski definition) is 0. The van der Waals surface area contributed by atoms with Crippen LogP contribution in [0, 0.1) is 6.92 Å². The lowest BCUT2D eigenvalue weighted by atomic mass is 9.95. The first-order chi connectivity index (χ1) is 11.7. The van der Waals surface area contributed by atoms with E-state index in [0.29, 0.717) is 0 Å². The van der Waals surface area contributed by atoms with Gasteiger partial charge in [-0.2, -0.15) is 0 Å². The maximum Gasteiger partial charge on any atom is 0.0463 e. The van der Waals surface area contributed by atoms with E-state index in [1.54, 1.807) is 0 Å². The van der Waals surface area contributed by atoms with Crippen molar-refractivity contribution in [1.29, 1.82) is 0 Å². The van der Waals surface area contributed by atoms with Crippen molar-refractivity contribution in [1.82, 2.24) is 0 Å². The summed E-state index contributed by atoms with van der Waals surface area (Å²) < 4.78 is 5.13. The predicted molar refractivity (Wildman–Crippen MR) is 109 cm³/mol. The Bertz CT molecular complexity index is 527. The number of rotatable bonds is 6. The highest BCUT2D eigenvalue weighted by Gasteiger charge is 2.04. The molecule has 24 heavy (non-hydrogen) atoms. The van der Waals surface area contributed by atoms with E-state index in [2.05, 4.69) is 76.2 Å². The molecule has 2 aromatic carbocycles. The highest BCUT2D eigenvalue weighted by atomic mass is 16.5. The van der Waals surface area contributed by atoms with Gasteiger partial charge in [0.2, 0.25) is 0 Å². The van der Waals surface area contributed by atoms with Crippen molar-refractivity contribution >= 4 is 0 Å². The predicted octanol–water partition coefficient (Wildman–Crippen LogP) is 7.07. The van der Waals surface area contributed by atoms with Gasteiger partial charge in [-0.25, -0.2) is 0 Å². The normalized spacial score (nSPS) is 9.42. The van der Waals surface area contributed by atoms with Crippen LogP contribution in [-0.2, 0) is 11.2 Å². The van der Waals surface area contributed by atoms with Gasteiger partial charge in [-0.1, -0.05) is 83.1 Å². The summed E-state index contributed by atoms with van der Waals surface area (Å²) in [5.41, 5.74) is 5.50. The van der Waals surface area contributed by atoms with Gasteiger partial charge in [-0.15, -0.1) is 0 Å². The molecule has 134 valence electrons. The highest BCUT2D eigenvalue weighted by Crippen LogP contribution is 2.26. The Hall–Kier alpha value is -1.60. The zero-order valence-corrected chi connectivity index (χ0v) is 16.6. The molecule has 0 atom stereocenters. The molecule has 0 saturated heterocycles. The zero-order valence-electron chi connectivity index (χ0n) is 16.6. The van der Waals surface area contributed by atoms with Gasteiger partial charge in [0, 0.05) is 13.2 Å². The molecule has 0 aliphatic heterocycles. The van der Waals surface area contributed by atoms with Crippen molar-refractivity contribution < 1.29 is 4.74 Å². The van der Waals surface area contributed by atoms with Gasteiger partial charge in [0.25, 0.3) is 0 Å². The SMILES string of the molecule is CC.CCCOCCC.CCc1ccccc1-c1ccccc1C. The topological polar surface area (TPSA) is 9.23 Å². The largest absolute Gasteiger partial charge is 0.381 e. The smallest absolute Gasteiger partial charge is 0.0463 e. The summed E-state index contributed by atoms with van der Waals surface area (Å²) in [6.45, 7) is 14.5. The molecule has 0 fully saturated rings. The monoisotopic (exact) mass is 328 g/mol. The standard InChI is InChI=1S/C15H16.C6H14O.C2H6/c1-3-13-9-5-7-11-15(13)14-10-6-4-8-12(14)2;1-3-5-7-6-4-2;1-2/h4-11H,3H2,1-2H3;3-6H2,1-2H3;1-2H3. The third kappa shape index (κ3) is 8.31. The van der Waals surface area contributed by atoms with Crippen molar-refractivity contribution in [2.45, 2.75) is 60.8 Å². The van der Waals surface area contributed by atoms with Crippen molar-refractivity contribution in [3.63, 3.8) is 0 Å². The summed E-state index contributed by atoms with van der Waals surface area (Å²) in [6, 6.07) is 17.2. The molecule has 0 heterocycles. The minimum absolute atomic E-state index is 0.924. The van der Waals surface area contributed by atoms with Crippen LogP contribution in [-0.4, -0.2) is 13.2 Å². The number of hydrogen-bond acceptors (Lipinski definition) is 1. The molecule has 0 radical (unpaired) electrons. The maximum atomic E-state index is 5.13. The number of ether oxygens (including phenoxy) is 1. The summed E-state index contributed by atoms with van der Waals surface area (Å²) in [7, 11) is 0. The Labute approximate surface area is 150 Å². The first kappa shape index (κ1) is 22.4. The molecule has 0 aliphatic carbocycles. The van der Waals surface area contributed by atoms with Gasteiger partial charge < -0.3 is 4.74 Å². The molecular formula is C23H36O. The van der Waals surface area contributed by atoms with Crippen LogP contribution in [0.3, 0.4) is 0 Å². The lowest BCUT2D eigenvalue weighted by Crippen LogP contribution is -1.92. The van der Waals surface area contributed by atoms with Crippen LogP contribution < -0.4 is 0 Å². The van der Waals surface area contributed by atoms with E-state index in [1.807, 2.05) is 13.8 Å². The van der Waals surface area contributed by atoms with Gasteiger partial charge in [0.1, 0.15) is 0 Å². The van der Waals surface area contributed by atoms with E-state index >= 15 is 0 Å². The average Bonchev–Trinajstić information content (AvgIpc) is 2.65. The number of aryl methyl sites for hydroxylation is 2. The molecule has 2 rings (SSSR count). The van der Waals surface area contributed by atoms with E-state index in [1.165, 1.54) is 22.3 Å². The molecule has 2 aromatic rings.